The highest BCUT2D eigenvalue weighted by molar-refractivity contribution is 6.03. The zero-order valence-corrected chi connectivity index (χ0v) is 20.2. The molecule has 2 heterocycles. The first kappa shape index (κ1) is 25.0. The van der Waals surface area contributed by atoms with Crippen LogP contribution in [0.1, 0.15) is 46.0 Å². The molecule has 186 valence electrons. The first-order valence-electron chi connectivity index (χ1n) is 11.7. The lowest BCUT2D eigenvalue weighted by molar-refractivity contribution is -0.116. The fourth-order valence-electron chi connectivity index (χ4n) is 3.88. The number of benzene rings is 1. The van der Waals surface area contributed by atoms with Gasteiger partial charge in [0.05, 0.1) is 29.6 Å². The van der Waals surface area contributed by atoms with E-state index < -0.39 is 11.9 Å². The SMILES string of the molecule is COC(=O)c1cc(-c2ccc(C(=O)NCCc3ccnc(F)c3)cn2)ccc1N(CC1CC1)C(C)=O. The highest BCUT2D eigenvalue weighted by Gasteiger charge is 2.29. The molecule has 1 N–H and O–H groups in total. The van der Waals surface area contributed by atoms with Crippen LogP contribution in [0.5, 0.6) is 0 Å². The summed E-state index contributed by atoms with van der Waals surface area (Å²) in [6.45, 7) is 2.39. The number of ether oxygens (including phenoxy) is 1. The maximum atomic E-state index is 13.2. The molecule has 3 aromatic rings. The zero-order chi connectivity index (χ0) is 25.7. The number of rotatable bonds is 9. The molecule has 2 amide bonds. The summed E-state index contributed by atoms with van der Waals surface area (Å²) in [6, 6.07) is 11.5. The molecule has 2 aromatic heterocycles. The molecule has 0 bridgehead atoms. The van der Waals surface area contributed by atoms with E-state index in [0.717, 1.165) is 18.4 Å². The molecule has 1 aromatic carbocycles. The van der Waals surface area contributed by atoms with E-state index in [1.54, 1.807) is 41.3 Å². The number of esters is 1. The van der Waals surface area contributed by atoms with Crippen molar-refractivity contribution in [1.29, 1.82) is 0 Å². The van der Waals surface area contributed by atoms with Crippen LogP contribution in [-0.2, 0) is 16.0 Å². The number of carbonyl (C=O) groups is 3. The Bertz CT molecular complexity index is 1280. The van der Waals surface area contributed by atoms with Gasteiger partial charge in [-0.25, -0.2) is 9.78 Å². The van der Waals surface area contributed by atoms with Gasteiger partial charge in [-0.1, -0.05) is 6.07 Å². The molecular weight excluding hydrogens is 463 g/mol. The van der Waals surface area contributed by atoms with Gasteiger partial charge in [0.1, 0.15) is 0 Å². The lowest BCUT2D eigenvalue weighted by Gasteiger charge is -2.23. The molecule has 0 saturated heterocycles. The molecule has 1 fully saturated rings. The van der Waals surface area contributed by atoms with Gasteiger partial charge in [-0.3, -0.25) is 14.6 Å². The summed E-state index contributed by atoms with van der Waals surface area (Å²) in [5, 5.41) is 2.79. The monoisotopic (exact) mass is 490 g/mol. The van der Waals surface area contributed by atoms with Gasteiger partial charge in [0.25, 0.3) is 5.91 Å². The average molecular weight is 491 g/mol. The number of nitrogens with zero attached hydrogens (tertiary/aromatic N) is 3. The Morgan fingerprint density at radius 3 is 2.56 bits per heavy atom. The molecular formula is C27H27FN4O4. The zero-order valence-electron chi connectivity index (χ0n) is 20.2. The largest absolute Gasteiger partial charge is 0.465 e. The Hall–Kier alpha value is -4.14. The minimum Gasteiger partial charge on any atom is -0.465 e. The summed E-state index contributed by atoms with van der Waals surface area (Å²) >= 11 is 0. The van der Waals surface area contributed by atoms with Gasteiger partial charge in [0.2, 0.25) is 11.9 Å². The normalized spacial score (nSPS) is 12.6. The highest BCUT2D eigenvalue weighted by atomic mass is 19.1. The van der Waals surface area contributed by atoms with Crippen LogP contribution in [0.2, 0.25) is 0 Å². The number of hydrogen-bond donors (Lipinski definition) is 1. The molecule has 4 rings (SSSR count). The first-order chi connectivity index (χ1) is 17.4. The Balaban J connectivity index is 1.48. The van der Waals surface area contributed by atoms with Crippen molar-refractivity contribution < 1.29 is 23.5 Å². The van der Waals surface area contributed by atoms with Gasteiger partial charge in [-0.15, -0.1) is 0 Å². The van der Waals surface area contributed by atoms with Crippen LogP contribution < -0.4 is 10.2 Å². The first-order valence-corrected chi connectivity index (χ1v) is 11.7. The number of nitrogens with one attached hydrogen (secondary N) is 1. The standard InChI is InChI=1S/C27H27FN4O4/c1-17(33)32(16-19-3-4-19)24-8-6-20(14-22(24)27(35)36-2)23-7-5-21(15-31-23)26(34)30-12-10-18-9-11-29-25(28)13-18/h5-9,11,13-15,19H,3-4,10,12,16H2,1-2H3,(H,30,34). The van der Waals surface area contributed by atoms with E-state index in [9.17, 15) is 18.8 Å². The molecule has 0 spiro atoms. The van der Waals surface area contributed by atoms with Crippen LogP contribution in [0.4, 0.5) is 10.1 Å². The number of anilines is 1. The number of aromatic nitrogens is 2. The molecule has 0 atom stereocenters. The summed E-state index contributed by atoms with van der Waals surface area (Å²) in [5.41, 5.74) is 3.11. The highest BCUT2D eigenvalue weighted by Crippen LogP contribution is 2.34. The van der Waals surface area contributed by atoms with E-state index in [2.05, 4.69) is 15.3 Å². The number of carbonyl (C=O) groups excluding carboxylic acids is 3. The van der Waals surface area contributed by atoms with Crippen LogP contribution in [0.15, 0.2) is 54.9 Å². The van der Waals surface area contributed by atoms with Crippen molar-refractivity contribution in [3.8, 4) is 11.3 Å². The number of hydrogen-bond acceptors (Lipinski definition) is 6. The molecule has 9 heteroatoms. The average Bonchev–Trinajstić information content (AvgIpc) is 3.71. The van der Waals surface area contributed by atoms with Gasteiger partial charge in [0.15, 0.2) is 0 Å². The van der Waals surface area contributed by atoms with Gasteiger partial charge >= 0.3 is 5.97 Å². The van der Waals surface area contributed by atoms with Gasteiger partial charge in [-0.05, 0) is 67.1 Å². The minimum absolute atomic E-state index is 0.137. The Kier molecular flexibility index (Phi) is 7.68. The van der Waals surface area contributed by atoms with Crippen LogP contribution in [0, 0.1) is 11.9 Å². The lowest BCUT2D eigenvalue weighted by Crippen LogP contribution is -2.32. The van der Waals surface area contributed by atoms with Crippen molar-refractivity contribution in [3.63, 3.8) is 0 Å². The van der Waals surface area contributed by atoms with Crippen LogP contribution in [0.3, 0.4) is 0 Å². The van der Waals surface area contributed by atoms with E-state index in [4.69, 9.17) is 4.74 Å². The van der Waals surface area contributed by atoms with Gasteiger partial charge < -0.3 is 15.0 Å². The maximum Gasteiger partial charge on any atom is 0.340 e. The quantitative estimate of drug-likeness (QED) is 0.362. The van der Waals surface area contributed by atoms with Crippen molar-refractivity contribution in [2.24, 2.45) is 5.92 Å². The summed E-state index contributed by atoms with van der Waals surface area (Å²) < 4.78 is 18.2. The van der Waals surface area contributed by atoms with E-state index in [0.29, 0.717) is 47.9 Å². The van der Waals surface area contributed by atoms with Crippen LogP contribution in [0.25, 0.3) is 11.3 Å². The number of pyridine rings is 2. The second-order valence-corrected chi connectivity index (χ2v) is 8.72. The third-order valence-electron chi connectivity index (χ3n) is 6.02. The second-order valence-electron chi connectivity index (χ2n) is 8.72. The molecule has 36 heavy (non-hydrogen) atoms. The van der Waals surface area contributed by atoms with E-state index in [1.807, 2.05) is 0 Å². The predicted octanol–water partition coefficient (Wildman–Crippen LogP) is 3.80. The van der Waals surface area contributed by atoms with Gasteiger partial charge in [0, 0.05) is 38.0 Å². The second kappa shape index (κ2) is 11.1. The predicted molar refractivity (Wildman–Crippen MR) is 132 cm³/mol. The fourth-order valence-corrected chi connectivity index (χ4v) is 3.88. The molecule has 1 aliphatic carbocycles. The van der Waals surface area contributed by atoms with Crippen molar-refractivity contribution >= 4 is 23.5 Å². The van der Waals surface area contributed by atoms with E-state index >= 15 is 0 Å². The van der Waals surface area contributed by atoms with Crippen LogP contribution in [-0.4, -0.2) is 48.0 Å². The number of methoxy groups -OCH3 is 1. The van der Waals surface area contributed by atoms with Gasteiger partial charge in [-0.2, -0.15) is 4.39 Å². The van der Waals surface area contributed by atoms with Crippen molar-refractivity contribution in [2.45, 2.75) is 26.2 Å². The lowest BCUT2D eigenvalue weighted by atomic mass is 10.0. The van der Waals surface area contributed by atoms with E-state index in [-0.39, 0.29) is 17.4 Å². The van der Waals surface area contributed by atoms with Crippen LogP contribution >= 0.6 is 0 Å². The Labute approximate surface area is 208 Å². The third-order valence-corrected chi connectivity index (χ3v) is 6.02. The summed E-state index contributed by atoms with van der Waals surface area (Å²) in [6.07, 6.45) is 5.45. The maximum absolute atomic E-state index is 13.2. The topological polar surface area (TPSA) is 101 Å². The van der Waals surface area contributed by atoms with Crippen molar-refractivity contribution in [3.05, 3.63) is 77.5 Å². The minimum atomic E-state index is -0.557. The van der Waals surface area contributed by atoms with E-state index in [1.165, 1.54) is 32.5 Å². The summed E-state index contributed by atoms with van der Waals surface area (Å²) in [7, 11) is 1.30. The number of amides is 2. The molecule has 0 unspecified atom stereocenters. The molecule has 1 aliphatic rings. The molecule has 1 saturated carbocycles. The molecule has 0 radical (unpaired) electrons. The van der Waals surface area contributed by atoms with Crippen molar-refractivity contribution in [2.75, 3.05) is 25.1 Å². The molecule has 0 aliphatic heterocycles. The third kappa shape index (κ3) is 6.10. The summed E-state index contributed by atoms with van der Waals surface area (Å²) in [5.74, 6) is -1.09. The Morgan fingerprint density at radius 2 is 1.92 bits per heavy atom. The fraction of sp³-hybridized carbons (Fsp3) is 0.296. The summed E-state index contributed by atoms with van der Waals surface area (Å²) in [4.78, 5) is 46.9. The smallest absolute Gasteiger partial charge is 0.340 e. The Morgan fingerprint density at radius 1 is 1.11 bits per heavy atom. The molecule has 8 nitrogen and oxygen atoms in total. The van der Waals surface area contributed by atoms with Crippen molar-refractivity contribution in [1.82, 2.24) is 15.3 Å². The number of halogens is 1.